The number of thioether (sulfide) groups is 1. The van der Waals surface area contributed by atoms with Gasteiger partial charge in [-0.25, -0.2) is 0 Å². The Bertz CT molecular complexity index is 672. The van der Waals surface area contributed by atoms with E-state index in [0.29, 0.717) is 10.9 Å². The minimum absolute atomic E-state index is 0.308. The molecule has 1 unspecified atom stereocenters. The zero-order valence-electron chi connectivity index (χ0n) is 13.9. The molecule has 0 N–H and O–H groups in total. The molecule has 1 aromatic carbocycles. The molecule has 5 heteroatoms. The lowest BCUT2D eigenvalue weighted by Gasteiger charge is -2.47. The van der Waals surface area contributed by atoms with Crippen molar-refractivity contribution in [2.75, 3.05) is 26.0 Å². The summed E-state index contributed by atoms with van der Waals surface area (Å²) in [6.07, 6.45) is 5.01. The van der Waals surface area contributed by atoms with Crippen molar-refractivity contribution in [1.29, 1.82) is 0 Å². The number of hydrogen-bond acceptors (Lipinski definition) is 5. The highest BCUT2D eigenvalue weighted by Gasteiger charge is 2.49. The Morgan fingerprint density at radius 1 is 1.21 bits per heavy atom. The fourth-order valence-corrected chi connectivity index (χ4v) is 5.15. The highest BCUT2D eigenvalue weighted by atomic mass is 32.2. The molecule has 1 atom stereocenters. The largest absolute Gasteiger partial charge is 0.497 e. The minimum Gasteiger partial charge on any atom is -0.497 e. The van der Waals surface area contributed by atoms with Crippen LogP contribution in [0.2, 0.25) is 0 Å². The van der Waals surface area contributed by atoms with E-state index in [0.717, 1.165) is 43.3 Å². The lowest BCUT2D eigenvalue weighted by atomic mass is 9.92. The van der Waals surface area contributed by atoms with E-state index in [-0.39, 0.29) is 0 Å². The third-order valence-electron chi connectivity index (χ3n) is 4.70. The molecule has 2 fully saturated rings. The predicted octanol–water partition coefficient (Wildman–Crippen LogP) is 3.23. The second kappa shape index (κ2) is 6.65. The molecule has 126 valence electrons. The van der Waals surface area contributed by atoms with Crippen molar-refractivity contribution in [3.63, 3.8) is 0 Å². The standard InChI is InChI=1S/C19H22N2O2S/c1-22-16-6-4-15(5-7-16)11-21-13-19(14-21)9-18(12-24-19)23-17-3-2-8-20-10-17/h2-8,10,18H,9,11-14H2,1H3. The van der Waals surface area contributed by atoms with Gasteiger partial charge in [0.15, 0.2) is 0 Å². The van der Waals surface area contributed by atoms with Crippen LogP contribution in [0.5, 0.6) is 11.5 Å². The molecule has 0 radical (unpaired) electrons. The molecular formula is C19H22N2O2S. The van der Waals surface area contributed by atoms with Crippen LogP contribution < -0.4 is 9.47 Å². The maximum Gasteiger partial charge on any atom is 0.138 e. The normalized spacial score (nSPS) is 22.3. The van der Waals surface area contributed by atoms with Gasteiger partial charge in [0.05, 0.1) is 13.3 Å². The van der Waals surface area contributed by atoms with Crippen LogP contribution in [0, 0.1) is 0 Å². The molecule has 2 aromatic rings. The van der Waals surface area contributed by atoms with Gasteiger partial charge in [0.25, 0.3) is 0 Å². The Morgan fingerprint density at radius 2 is 2.04 bits per heavy atom. The molecule has 0 saturated carbocycles. The number of aromatic nitrogens is 1. The highest BCUT2D eigenvalue weighted by Crippen LogP contribution is 2.46. The topological polar surface area (TPSA) is 34.6 Å². The van der Waals surface area contributed by atoms with Crippen molar-refractivity contribution in [2.45, 2.75) is 23.8 Å². The summed E-state index contributed by atoms with van der Waals surface area (Å²) in [6.45, 7) is 3.31. The Hall–Kier alpha value is -1.72. The van der Waals surface area contributed by atoms with Gasteiger partial charge in [0.1, 0.15) is 17.6 Å². The van der Waals surface area contributed by atoms with Gasteiger partial charge in [-0.3, -0.25) is 9.88 Å². The molecule has 2 saturated heterocycles. The number of ether oxygens (including phenoxy) is 2. The summed E-state index contributed by atoms with van der Waals surface area (Å²) >= 11 is 2.07. The van der Waals surface area contributed by atoms with Crippen molar-refractivity contribution in [3.05, 3.63) is 54.4 Å². The molecule has 2 aliphatic rings. The lowest BCUT2D eigenvalue weighted by molar-refractivity contribution is 0.0920. The van der Waals surface area contributed by atoms with Gasteiger partial charge in [-0.05, 0) is 29.8 Å². The number of nitrogens with zero attached hydrogens (tertiary/aromatic N) is 2. The van der Waals surface area contributed by atoms with Crippen LogP contribution in [0.4, 0.5) is 0 Å². The monoisotopic (exact) mass is 342 g/mol. The second-order valence-electron chi connectivity index (χ2n) is 6.62. The van der Waals surface area contributed by atoms with Crippen LogP contribution in [-0.4, -0.2) is 46.7 Å². The van der Waals surface area contributed by atoms with Crippen molar-refractivity contribution in [3.8, 4) is 11.5 Å². The fraction of sp³-hybridized carbons (Fsp3) is 0.421. The summed E-state index contributed by atoms with van der Waals surface area (Å²) in [7, 11) is 1.70. The van der Waals surface area contributed by atoms with Crippen LogP contribution >= 0.6 is 11.8 Å². The molecule has 3 heterocycles. The number of likely N-dealkylation sites (tertiary alicyclic amines) is 1. The van der Waals surface area contributed by atoms with Gasteiger partial charge < -0.3 is 9.47 Å². The maximum absolute atomic E-state index is 6.07. The highest BCUT2D eigenvalue weighted by molar-refractivity contribution is 8.01. The molecule has 0 bridgehead atoms. The summed E-state index contributed by atoms with van der Waals surface area (Å²) in [4.78, 5) is 6.63. The van der Waals surface area contributed by atoms with E-state index in [4.69, 9.17) is 9.47 Å². The molecule has 2 aliphatic heterocycles. The molecular weight excluding hydrogens is 320 g/mol. The Labute approximate surface area is 147 Å². The third kappa shape index (κ3) is 3.37. The molecule has 1 spiro atoms. The number of rotatable bonds is 5. The van der Waals surface area contributed by atoms with E-state index in [9.17, 15) is 0 Å². The first-order valence-electron chi connectivity index (χ1n) is 8.31. The smallest absolute Gasteiger partial charge is 0.138 e. The quantitative estimate of drug-likeness (QED) is 0.833. The van der Waals surface area contributed by atoms with E-state index in [2.05, 4.69) is 33.8 Å². The molecule has 0 aliphatic carbocycles. The number of hydrogen-bond donors (Lipinski definition) is 0. The van der Waals surface area contributed by atoms with Gasteiger partial charge in [-0.15, -0.1) is 11.8 Å². The van der Waals surface area contributed by atoms with Gasteiger partial charge in [-0.1, -0.05) is 12.1 Å². The minimum atomic E-state index is 0.308. The SMILES string of the molecule is COc1ccc(CN2CC3(CC(Oc4cccnc4)CS3)C2)cc1. The zero-order valence-corrected chi connectivity index (χ0v) is 14.7. The van der Waals surface area contributed by atoms with Crippen LogP contribution in [-0.2, 0) is 6.54 Å². The lowest BCUT2D eigenvalue weighted by Crippen LogP contribution is -2.58. The van der Waals surface area contributed by atoms with Gasteiger partial charge in [0.2, 0.25) is 0 Å². The number of methoxy groups -OCH3 is 1. The Kier molecular flexibility index (Phi) is 4.37. The summed E-state index contributed by atoms with van der Waals surface area (Å²) in [5.41, 5.74) is 1.34. The number of benzene rings is 1. The van der Waals surface area contributed by atoms with Gasteiger partial charge in [-0.2, -0.15) is 0 Å². The van der Waals surface area contributed by atoms with Crippen LogP contribution in [0.25, 0.3) is 0 Å². The first-order valence-corrected chi connectivity index (χ1v) is 9.29. The summed E-state index contributed by atoms with van der Waals surface area (Å²) in [5, 5.41) is 0. The van der Waals surface area contributed by atoms with Crippen molar-refractivity contribution in [2.24, 2.45) is 0 Å². The van der Waals surface area contributed by atoms with E-state index in [1.54, 1.807) is 19.5 Å². The summed E-state index contributed by atoms with van der Waals surface area (Å²) in [5.74, 6) is 2.88. The molecule has 0 amide bonds. The van der Waals surface area contributed by atoms with Gasteiger partial charge >= 0.3 is 0 Å². The Balaban J connectivity index is 1.27. The van der Waals surface area contributed by atoms with Gasteiger partial charge in [0, 0.05) is 42.8 Å². The second-order valence-corrected chi connectivity index (χ2v) is 8.11. The van der Waals surface area contributed by atoms with E-state index in [1.807, 2.05) is 24.3 Å². The molecule has 4 nitrogen and oxygen atoms in total. The Morgan fingerprint density at radius 3 is 2.75 bits per heavy atom. The fourth-order valence-electron chi connectivity index (χ4n) is 3.58. The third-order valence-corrected chi connectivity index (χ3v) is 6.28. The van der Waals surface area contributed by atoms with Crippen molar-refractivity contribution < 1.29 is 9.47 Å². The van der Waals surface area contributed by atoms with Crippen LogP contribution in [0.15, 0.2) is 48.8 Å². The molecule has 1 aromatic heterocycles. The average molecular weight is 342 g/mol. The van der Waals surface area contributed by atoms with Crippen LogP contribution in [0.3, 0.4) is 0 Å². The zero-order chi connectivity index (χ0) is 16.4. The first kappa shape index (κ1) is 15.8. The number of pyridine rings is 1. The maximum atomic E-state index is 6.07. The molecule has 24 heavy (non-hydrogen) atoms. The predicted molar refractivity (Wildman–Crippen MR) is 96.7 cm³/mol. The summed E-state index contributed by atoms with van der Waals surface area (Å²) in [6, 6.07) is 12.3. The average Bonchev–Trinajstić information content (AvgIpc) is 3.00. The summed E-state index contributed by atoms with van der Waals surface area (Å²) < 4.78 is 11.7. The van der Waals surface area contributed by atoms with Crippen molar-refractivity contribution >= 4 is 11.8 Å². The van der Waals surface area contributed by atoms with Crippen molar-refractivity contribution in [1.82, 2.24) is 9.88 Å². The van der Waals surface area contributed by atoms with E-state index < -0.39 is 0 Å². The van der Waals surface area contributed by atoms with Crippen LogP contribution in [0.1, 0.15) is 12.0 Å². The van der Waals surface area contributed by atoms with E-state index in [1.165, 1.54) is 5.56 Å². The first-order chi connectivity index (χ1) is 11.7. The molecule has 4 rings (SSSR count). The van der Waals surface area contributed by atoms with E-state index >= 15 is 0 Å².